The second-order valence-corrected chi connectivity index (χ2v) is 4.09. The van der Waals surface area contributed by atoms with Gasteiger partial charge >= 0.3 is 0 Å². The lowest BCUT2D eigenvalue weighted by atomic mass is 10.3. The number of hydrogen-bond donors (Lipinski definition) is 1. The summed E-state index contributed by atoms with van der Waals surface area (Å²) in [5, 5.41) is 0. The standard InChI is InChI=1S/C10H20N4/c1-2-12-10(11)14-7-5-13(6-8-14)9-3-4-9/h9H,2-8H2,1H3,(H2,11,12). The van der Waals surface area contributed by atoms with Gasteiger partial charge in [0.15, 0.2) is 5.96 Å². The Morgan fingerprint density at radius 3 is 2.43 bits per heavy atom. The largest absolute Gasteiger partial charge is 0.370 e. The van der Waals surface area contributed by atoms with Gasteiger partial charge in [0.2, 0.25) is 0 Å². The van der Waals surface area contributed by atoms with Crippen LogP contribution in [0.3, 0.4) is 0 Å². The van der Waals surface area contributed by atoms with E-state index in [1.165, 1.54) is 12.8 Å². The van der Waals surface area contributed by atoms with E-state index in [0.717, 1.165) is 44.7 Å². The summed E-state index contributed by atoms with van der Waals surface area (Å²) < 4.78 is 0. The van der Waals surface area contributed by atoms with E-state index in [-0.39, 0.29) is 0 Å². The summed E-state index contributed by atoms with van der Waals surface area (Å²) in [7, 11) is 0. The van der Waals surface area contributed by atoms with Gasteiger partial charge in [-0.25, -0.2) is 0 Å². The van der Waals surface area contributed by atoms with E-state index in [0.29, 0.717) is 0 Å². The normalized spacial score (nSPS) is 25.5. The van der Waals surface area contributed by atoms with Crippen LogP contribution in [0.15, 0.2) is 4.99 Å². The fraction of sp³-hybridized carbons (Fsp3) is 0.900. The first kappa shape index (κ1) is 9.77. The maximum absolute atomic E-state index is 5.85. The molecule has 14 heavy (non-hydrogen) atoms. The number of nitrogens with zero attached hydrogens (tertiary/aromatic N) is 3. The molecule has 0 bridgehead atoms. The van der Waals surface area contributed by atoms with Gasteiger partial charge in [0, 0.05) is 38.8 Å². The molecule has 0 radical (unpaired) electrons. The molecule has 0 aromatic heterocycles. The Hall–Kier alpha value is -0.770. The molecule has 80 valence electrons. The molecule has 2 aliphatic rings. The van der Waals surface area contributed by atoms with Gasteiger partial charge in [0.05, 0.1) is 0 Å². The van der Waals surface area contributed by atoms with Crippen LogP contribution in [0.4, 0.5) is 0 Å². The molecule has 2 fully saturated rings. The second kappa shape index (κ2) is 4.17. The van der Waals surface area contributed by atoms with Gasteiger partial charge in [-0.2, -0.15) is 0 Å². The fourth-order valence-electron chi connectivity index (χ4n) is 2.02. The third-order valence-corrected chi connectivity index (χ3v) is 3.02. The molecule has 1 heterocycles. The Bertz CT molecular complexity index is 214. The Labute approximate surface area is 85.8 Å². The summed E-state index contributed by atoms with van der Waals surface area (Å²) >= 11 is 0. The molecular weight excluding hydrogens is 176 g/mol. The lowest BCUT2D eigenvalue weighted by molar-refractivity contribution is 0.173. The van der Waals surface area contributed by atoms with Crippen LogP contribution in [0.5, 0.6) is 0 Å². The minimum absolute atomic E-state index is 0.725. The molecule has 0 atom stereocenters. The van der Waals surface area contributed by atoms with Crippen molar-refractivity contribution in [2.24, 2.45) is 10.7 Å². The van der Waals surface area contributed by atoms with Gasteiger partial charge in [-0.05, 0) is 19.8 Å². The summed E-state index contributed by atoms with van der Waals surface area (Å²) in [5.41, 5.74) is 5.85. The lowest BCUT2D eigenvalue weighted by Crippen LogP contribution is -2.51. The van der Waals surface area contributed by atoms with E-state index in [1.54, 1.807) is 0 Å². The topological polar surface area (TPSA) is 44.9 Å². The summed E-state index contributed by atoms with van der Waals surface area (Å²) in [6.45, 7) is 7.22. The van der Waals surface area contributed by atoms with Crippen molar-refractivity contribution < 1.29 is 0 Å². The van der Waals surface area contributed by atoms with Crippen LogP contribution in [-0.2, 0) is 0 Å². The molecule has 2 N–H and O–H groups in total. The van der Waals surface area contributed by atoms with Crippen LogP contribution >= 0.6 is 0 Å². The van der Waals surface area contributed by atoms with Crippen molar-refractivity contribution in [1.82, 2.24) is 9.80 Å². The third kappa shape index (κ3) is 2.18. The molecule has 4 heteroatoms. The monoisotopic (exact) mass is 196 g/mol. The van der Waals surface area contributed by atoms with E-state index < -0.39 is 0 Å². The van der Waals surface area contributed by atoms with Gasteiger partial charge in [0.25, 0.3) is 0 Å². The highest BCUT2D eigenvalue weighted by atomic mass is 15.3. The Kier molecular flexibility index (Phi) is 2.91. The van der Waals surface area contributed by atoms with Crippen molar-refractivity contribution in [1.29, 1.82) is 0 Å². The first-order valence-corrected chi connectivity index (χ1v) is 5.60. The molecule has 0 aromatic carbocycles. The molecule has 2 rings (SSSR count). The Morgan fingerprint density at radius 2 is 1.93 bits per heavy atom. The number of aliphatic imine (C=N–C) groups is 1. The van der Waals surface area contributed by atoms with Gasteiger partial charge in [-0.15, -0.1) is 0 Å². The van der Waals surface area contributed by atoms with Crippen LogP contribution in [-0.4, -0.2) is 54.5 Å². The molecule has 1 saturated carbocycles. The Balaban J connectivity index is 1.79. The predicted molar refractivity (Wildman–Crippen MR) is 58.3 cm³/mol. The summed E-state index contributed by atoms with van der Waals surface area (Å²) in [6, 6.07) is 0.890. The first-order valence-electron chi connectivity index (χ1n) is 5.60. The van der Waals surface area contributed by atoms with Crippen molar-refractivity contribution in [3.8, 4) is 0 Å². The highest BCUT2D eigenvalue weighted by Crippen LogP contribution is 2.27. The third-order valence-electron chi connectivity index (χ3n) is 3.02. The summed E-state index contributed by atoms with van der Waals surface area (Å²) in [6.07, 6.45) is 2.80. The molecule has 0 unspecified atom stereocenters. The SMILES string of the molecule is CCN=C(N)N1CCN(C2CC2)CC1. The zero-order chi connectivity index (χ0) is 9.97. The number of hydrogen-bond acceptors (Lipinski definition) is 2. The fourth-order valence-corrected chi connectivity index (χ4v) is 2.02. The van der Waals surface area contributed by atoms with E-state index in [1.807, 2.05) is 6.92 Å². The molecule has 1 aliphatic heterocycles. The minimum Gasteiger partial charge on any atom is -0.370 e. The minimum atomic E-state index is 0.725. The van der Waals surface area contributed by atoms with Crippen molar-refractivity contribution >= 4 is 5.96 Å². The number of guanidine groups is 1. The average Bonchev–Trinajstić information content (AvgIpc) is 3.02. The summed E-state index contributed by atoms with van der Waals surface area (Å²) in [5.74, 6) is 0.725. The van der Waals surface area contributed by atoms with E-state index in [2.05, 4.69) is 14.8 Å². The number of rotatable bonds is 2. The highest BCUT2D eigenvalue weighted by molar-refractivity contribution is 5.78. The van der Waals surface area contributed by atoms with Crippen molar-refractivity contribution in [2.75, 3.05) is 32.7 Å². The predicted octanol–water partition coefficient (Wildman–Crippen LogP) is 0.101. The van der Waals surface area contributed by atoms with Gasteiger partial charge < -0.3 is 10.6 Å². The molecule has 0 spiro atoms. The lowest BCUT2D eigenvalue weighted by Gasteiger charge is -2.35. The first-order chi connectivity index (χ1) is 6.81. The van der Waals surface area contributed by atoms with Crippen LogP contribution in [0.25, 0.3) is 0 Å². The second-order valence-electron chi connectivity index (χ2n) is 4.09. The van der Waals surface area contributed by atoms with Crippen molar-refractivity contribution in [3.63, 3.8) is 0 Å². The highest BCUT2D eigenvalue weighted by Gasteiger charge is 2.31. The summed E-state index contributed by atoms with van der Waals surface area (Å²) in [4.78, 5) is 9.01. The number of nitrogens with two attached hydrogens (primary N) is 1. The van der Waals surface area contributed by atoms with E-state index >= 15 is 0 Å². The zero-order valence-corrected chi connectivity index (χ0v) is 8.95. The molecule has 1 aliphatic carbocycles. The maximum Gasteiger partial charge on any atom is 0.191 e. The van der Waals surface area contributed by atoms with E-state index in [9.17, 15) is 0 Å². The average molecular weight is 196 g/mol. The molecule has 1 saturated heterocycles. The molecule has 4 nitrogen and oxygen atoms in total. The quantitative estimate of drug-likeness (QED) is 0.503. The van der Waals surface area contributed by atoms with Gasteiger partial charge in [0.1, 0.15) is 0 Å². The van der Waals surface area contributed by atoms with Crippen LogP contribution in [0.1, 0.15) is 19.8 Å². The smallest absolute Gasteiger partial charge is 0.191 e. The molecular formula is C10H20N4. The van der Waals surface area contributed by atoms with Crippen molar-refractivity contribution in [3.05, 3.63) is 0 Å². The number of piperazine rings is 1. The van der Waals surface area contributed by atoms with E-state index in [4.69, 9.17) is 5.73 Å². The van der Waals surface area contributed by atoms with Gasteiger partial charge in [-0.3, -0.25) is 9.89 Å². The van der Waals surface area contributed by atoms with Gasteiger partial charge in [-0.1, -0.05) is 0 Å². The Morgan fingerprint density at radius 1 is 1.29 bits per heavy atom. The molecule has 0 aromatic rings. The zero-order valence-electron chi connectivity index (χ0n) is 8.95. The van der Waals surface area contributed by atoms with Crippen molar-refractivity contribution in [2.45, 2.75) is 25.8 Å². The molecule has 0 amide bonds. The van der Waals surface area contributed by atoms with Crippen LogP contribution in [0, 0.1) is 0 Å². The maximum atomic E-state index is 5.85. The van der Waals surface area contributed by atoms with Crippen LogP contribution in [0.2, 0.25) is 0 Å². The van der Waals surface area contributed by atoms with Crippen LogP contribution < -0.4 is 5.73 Å².